The predicted octanol–water partition coefficient (Wildman–Crippen LogP) is 5.83. The number of nitrogens with zero attached hydrogens (tertiary/aromatic N) is 2. The molecular weight excluding hydrogens is 544 g/mol. The highest BCUT2D eigenvalue weighted by molar-refractivity contribution is 6.39. The number of hydrogen-bond donors (Lipinski definition) is 1. The summed E-state index contributed by atoms with van der Waals surface area (Å²) < 4.78 is 1.69. The molecule has 0 saturated carbocycles. The second kappa shape index (κ2) is 11.3. The highest BCUT2D eigenvalue weighted by atomic mass is 35.5. The van der Waals surface area contributed by atoms with Crippen LogP contribution in [-0.4, -0.2) is 46.7 Å². The van der Waals surface area contributed by atoms with Crippen molar-refractivity contribution in [2.45, 2.75) is 19.4 Å². The van der Waals surface area contributed by atoms with Gasteiger partial charge in [0.25, 0.3) is 5.91 Å². The van der Waals surface area contributed by atoms with Crippen molar-refractivity contribution < 1.29 is 14.4 Å². The van der Waals surface area contributed by atoms with E-state index in [1.165, 1.54) is 6.08 Å². The van der Waals surface area contributed by atoms with Crippen molar-refractivity contribution in [1.29, 1.82) is 0 Å². The molecule has 1 aliphatic rings. The van der Waals surface area contributed by atoms with Gasteiger partial charge in [-0.2, -0.15) is 0 Å². The van der Waals surface area contributed by atoms with Gasteiger partial charge < -0.3 is 14.8 Å². The monoisotopic (exact) mass is 565 g/mol. The van der Waals surface area contributed by atoms with Crippen molar-refractivity contribution in [2.24, 2.45) is 5.92 Å². The molecule has 1 saturated heterocycles. The summed E-state index contributed by atoms with van der Waals surface area (Å²) in [6.45, 7) is 4.95. The van der Waals surface area contributed by atoms with E-state index >= 15 is 0 Å². The number of Topliss-reactive ketones (excluding diaryl/α,β-unsaturated/α-hetero) is 1. The van der Waals surface area contributed by atoms with Crippen LogP contribution in [-0.2, 0) is 22.6 Å². The van der Waals surface area contributed by atoms with Crippen molar-refractivity contribution in [1.82, 2.24) is 14.8 Å². The van der Waals surface area contributed by atoms with Crippen molar-refractivity contribution in [3.8, 4) is 0 Å². The summed E-state index contributed by atoms with van der Waals surface area (Å²) in [7, 11) is 0. The van der Waals surface area contributed by atoms with E-state index in [2.05, 4.69) is 11.9 Å². The minimum atomic E-state index is -0.313. The second-order valence-electron chi connectivity index (χ2n) is 8.75. The van der Waals surface area contributed by atoms with E-state index in [1.807, 2.05) is 6.07 Å². The average Bonchev–Trinajstić information content (AvgIpc) is 3.15. The summed E-state index contributed by atoms with van der Waals surface area (Å²) in [5, 5.41) is 5.28. The van der Waals surface area contributed by atoms with Crippen LogP contribution in [0.4, 0.5) is 0 Å². The van der Waals surface area contributed by atoms with Crippen molar-refractivity contribution >= 4 is 74.9 Å². The van der Waals surface area contributed by atoms with Crippen LogP contribution in [0, 0.1) is 5.92 Å². The van der Waals surface area contributed by atoms with Crippen LogP contribution in [0.2, 0.25) is 20.1 Å². The number of benzene rings is 2. The normalized spacial score (nSPS) is 13.5. The molecular formula is C26H23Cl4N3O3. The smallest absolute Gasteiger partial charge is 0.253 e. The Hall–Kier alpha value is -2.51. The van der Waals surface area contributed by atoms with E-state index in [0.717, 1.165) is 5.56 Å². The molecule has 0 spiro atoms. The number of ketones is 1. The Morgan fingerprint density at radius 1 is 1.03 bits per heavy atom. The van der Waals surface area contributed by atoms with Crippen LogP contribution in [0.3, 0.4) is 0 Å². The third-order valence-corrected chi connectivity index (χ3v) is 7.23. The van der Waals surface area contributed by atoms with Crippen LogP contribution in [0.1, 0.15) is 22.3 Å². The van der Waals surface area contributed by atoms with Crippen LogP contribution in [0.5, 0.6) is 0 Å². The highest BCUT2D eigenvalue weighted by Gasteiger charge is 2.31. The topological polar surface area (TPSA) is 71.4 Å². The second-order valence-corrected chi connectivity index (χ2v) is 10.4. The summed E-state index contributed by atoms with van der Waals surface area (Å²) in [6, 6.07) is 8.48. The molecule has 6 nitrogen and oxygen atoms in total. The van der Waals surface area contributed by atoms with Gasteiger partial charge in [0.2, 0.25) is 5.91 Å². The maximum Gasteiger partial charge on any atom is 0.253 e. The molecule has 0 unspecified atom stereocenters. The van der Waals surface area contributed by atoms with Gasteiger partial charge in [-0.3, -0.25) is 14.4 Å². The van der Waals surface area contributed by atoms with Gasteiger partial charge in [0.1, 0.15) is 0 Å². The molecule has 2 amide bonds. The molecule has 2 aromatic carbocycles. The lowest BCUT2D eigenvalue weighted by Crippen LogP contribution is -2.50. The maximum absolute atomic E-state index is 13.1. The van der Waals surface area contributed by atoms with E-state index in [0.29, 0.717) is 69.0 Å². The quantitative estimate of drug-likeness (QED) is 0.331. The Bertz CT molecular complexity index is 1360. The first-order valence-corrected chi connectivity index (χ1v) is 12.8. The Morgan fingerprint density at radius 3 is 2.44 bits per heavy atom. The van der Waals surface area contributed by atoms with Gasteiger partial charge in [-0.05, 0) is 42.3 Å². The van der Waals surface area contributed by atoms with Crippen LogP contribution < -0.4 is 5.32 Å². The Labute approximate surface area is 228 Å². The number of amides is 2. The molecule has 10 heteroatoms. The Balaban J connectivity index is 1.47. The molecule has 36 heavy (non-hydrogen) atoms. The van der Waals surface area contributed by atoms with Gasteiger partial charge in [-0.25, -0.2) is 0 Å². The van der Waals surface area contributed by atoms with Gasteiger partial charge in [0.05, 0.1) is 22.6 Å². The van der Waals surface area contributed by atoms with E-state index in [1.54, 1.807) is 39.9 Å². The molecule has 2 heterocycles. The number of carbonyl (C=O) groups is 3. The van der Waals surface area contributed by atoms with Crippen molar-refractivity contribution in [3.05, 3.63) is 80.4 Å². The standard InChI is InChI=1S/C26H23Cl4N3O3/c1-2-24(35)32-11-15(12-32)7-19(34)13-33-14-21(20-8-18(28)10-23(30)25(20)33)26(36)31-6-5-16-3-4-17(27)9-22(16)29/h2-4,8-10,14-15H,1,5-7,11-13H2,(H,31,36). The number of nitrogens with one attached hydrogen (secondary N) is 1. The van der Waals surface area contributed by atoms with E-state index in [-0.39, 0.29) is 30.1 Å². The number of hydrogen-bond acceptors (Lipinski definition) is 3. The van der Waals surface area contributed by atoms with Gasteiger partial charge in [0.15, 0.2) is 5.78 Å². The fraction of sp³-hybridized carbons (Fsp3) is 0.269. The molecule has 188 valence electrons. The third kappa shape index (κ3) is 5.89. The lowest BCUT2D eigenvalue weighted by molar-refractivity contribution is -0.134. The largest absolute Gasteiger partial charge is 0.352 e. The third-order valence-electron chi connectivity index (χ3n) is 6.14. The van der Waals surface area contributed by atoms with Crippen molar-refractivity contribution in [2.75, 3.05) is 19.6 Å². The maximum atomic E-state index is 13.1. The number of likely N-dealkylation sites (tertiary alicyclic amines) is 1. The van der Waals surface area contributed by atoms with E-state index < -0.39 is 0 Å². The number of aromatic nitrogens is 1. The summed E-state index contributed by atoms with van der Waals surface area (Å²) in [5.41, 5.74) is 1.80. The molecule has 1 aliphatic heterocycles. The zero-order chi connectivity index (χ0) is 26.0. The minimum Gasteiger partial charge on any atom is -0.352 e. The van der Waals surface area contributed by atoms with Crippen LogP contribution in [0.15, 0.2) is 49.2 Å². The summed E-state index contributed by atoms with van der Waals surface area (Å²) in [4.78, 5) is 39.2. The molecule has 1 aromatic heterocycles. The number of rotatable bonds is 9. The first-order chi connectivity index (χ1) is 17.2. The first-order valence-electron chi connectivity index (χ1n) is 11.3. The number of fused-ring (bicyclic) bond motifs is 1. The fourth-order valence-corrected chi connectivity index (χ4v) is 5.48. The van der Waals surface area contributed by atoms with Crippen molar-refractivity contribution in [3.63, 3.8) is 0 Å². The molecule has 0 radical (unpaired) electrons. The Morgan fingerprint density at radius 2 is 1.75 bits per heavy atom. The lowest BCUT2D eigenvalue weighted by Gasteiger charge is -2.38. The van der Waals surface area contributed by atoms with Crippen LogP contribution >= 0.6 is 46.4 Å². The zero-order valence-electron chi connectivity index (χ0n) is 19.2. The molecule has 4 rings (SSSR count). The van der Waals surface area contributed by atoms with Gasteiger partial charge >= 0.3 is 0 Å². The molecule has 0 atom stereocenters. The lowest BCUT2D eigenvalue weighted by atomic mass is 9.94. The minimum absolute atomic E-state index is 0.0158. The molecule has 1 N–H and O–H groups in total. The SMILES string of the molecule is C=CC(=O)N1CC(CC(=O)Cn2cc(C(=O)NCCc3ccc(Cl)cc3Cl)c3cc(Cl)cc(Cl)c32)C1. The molecule has 3 aromatic rings. The summed E-state index contributed by atoms with van der Waals surface area (Å²) >= 11 is 24.9. The average molecular weight is 567 g/mol. The summed E-state index contributed by atoms with van der Waals surface area (Å²) in [6.07, 6.45) is 3.75. The Kier molecular flexibility index (Phi) is 8.30. The first kappa shape index (κ1) is 26.6. The van der Waals surface area contributed by atoms with Gasteiger partial charge in [-0.15, -0.1) is 0 Å². The predicted molar refractivity (Wildman–Crippen MR) is 144 cm³/mol. The fourth-order valence-electron chi connectivity index (χ4n) is 4.37. The van der Waals surface area contributed by atoms with E-state index in [4.69, 9.17) is 46.4 Å². The number of carbonyl (C=O) groups excluding carboxylic acids is 3. The highest BCUT2D eigenvalue weighted by Crippen LogP contribution is 2.32. The molecule has 0 aliphatic carbocycles. The van der Waals surface area contributed by atoms with Gasteiger partial charge in [-0.1, -0.05) is 59.0 Å². The molecule has 1 fully saturated rings. The summed E-state index contributed by atoms with van der Waals surface area (Å²) in [5.74, 6) is -0.353. The molecule has 0 bridgehead atoms. The van der Waals surface area contributed by atoms with E-state index in [9.17, 15) is 14.4 Å². The van der Waals surface area contributed by atoms with Gasteiger partial charge in [0, 0.05) is 58.6 Å². The zero-order valence-corrected chi connectivity index (χ0v) is 22.2. The van der Waals surface area contributed by atoms with Crippen LogP contribution in [0.25, 0.3) is 10.9 Å². The number of halogens is 4.